The molecule has 0 fully saturated rings. The van der Waals surface area contributed by atoms with Crippen molar-refractivity contribution in [2.75, 3.05) is 0 Å². The monoisotopic (exact) mass is 223 g/mol. The van der Waals surface area contributed by atoms with Crippen LogP contribution in [0.15, 0.2) is 23.1 Å². The van der Waals surface area contributed by atoms with Crippen molar-refractivity contribution < 1.29 is 13.0 Å². The van der Waals surface area contributed by atoms with E-state index in [1.807, 2.05) is 0 Å². The first-order valence-electron chi connectivity index (χ1n) is 3.36. The molecular formula is C6H6N3NaO3S. The van der Waals surface area contributed by atoms with Gasteiger partial charge in [0, 0.05) is 0 Å². The van der Waals surface area contributed by atoms with Crippen LogP contribution < -0.4 is 0 Å². The van der Waals surface area contributed by atoms with Crippen LogP contribution in [-0.4, -0.2) is 57.9 Å². The van der Waals surface area contributed by atoms with Crippen LogP contribution in [0.4, 0.5) is 0 Å². The second-order valence-electron chi connectivity index (χ2n) is 2.44. The average Bonchev–Trinajstić information content (AvgIpc) is 2.48. The molecule has 0 atom stereocenters. The van der Waals surface area contributed by atoms with Crippen molar-refractivity contribution in [2.45, 2.75) is 4.90 Å². The van der Waals surface area contributed by atoms with Gasteiger partial charge < -0.3 is 0 Å². The number of aromatic nitrogens is 3. The summed E-state index contributed by atoms with van der Waals surface area (Å²) < 4.78 is 30.4. The number of aromatic amines is 1. The summed E-state index contributed by atoms with van der Waals surface area (Å²) in [5.74, 6) is 0. The molecule has 14 heavy (non-hydrogen) atoms. The van der Waals surface area contributed by atoms with Gasteiger partial charge >= 0.3 is 29.6 Å². The van der Waals surface area contributed by atoms with E-state index in [0.29, 0.717) is 5.52 Å². The van der Waals surface area contributed by atoms with Crippen molar-refractivity contribution in [1.29, 1.82) is 0 Å². The topological polar surface area (TPSA) is 95.9 Å². The van der Waals surface area contributed by atoms with Crippen molar-refractivity contribution in [1.82, 2.24) is 15.4 Å². The molecule has 0 saturated heterocycles. The number of benzene rings is 1. The van der Waals surface area contributed by atoms with Crippen LogP contribution in [0.3, 0.4) is 0 Å². The van der Waals surface area contributed by atoms with Gasteiger partial charge in [-0.2, -0.15) is 8.42 Å². The number of hydrogen-bond donors (Lipinski definition) is 2. The molecule has 1 aromatic carbocycles. The van der Waals surface area contributed by atoms with E-state index in [4.69, 9.17) is 4.55 Å². The molecule has 0 aliphatic rings. The van der Waals surface area contributed by atoms with Crippen LogP contribution in [0.5, 0.6) is 0 Å². The molecule has 0 unspecified atom stereocenters. The summed E-state index contributed by atoms with van der Waals surface area (Å²) in [7, 11) is -4.22. The Morgan fingerprint density at radius 2 is 2.07 bits per heavy atom. The van der Waals surface area contributed by atoms with Crippen molar-refractivity contribution in [3.63, 3.8) is 0 Å². The average molecular weight is 223 g/mol. The molecular weight excluding hydrogens is 217 g/mol. The first-order chi connectivity index (χ1) is 6.09. The van der Waals surface area contributed by atoms with E-state index in [2.05, 4.69) is 15.4 Å². The number of nitrogens with zero attached hydrogens (tertiary/aromatic N) is 2. The Kier molecular flexibility index (Phi) is 3.28. The molecule has 2 aromatic rings. The predicted molar refractivity (Wildman–Crippen MR) is 50.9 cm³/mol. The zero-order chi connectivity index (χ0) is 9.47. The molecule has 0 aliphatic heterocycles. The zero-order valence-electron chi connectivity index (χ0n) is 6.30. The van der Waals surface area contributed by atoms with Crippen LogP contribution in [0.1, 0.15) is 0 Å². The summed E-state index contributed by atoms with van der Waals surface area (Å²) in [4.78, 5) is -0.237. The Bertz CT molecular complexity index is 550. The van der Waals surface area contributed by atoms with Gasteiger partial charge in [0.15, 0.2) is 0 Å². The van der Waals surface area contributed by atoms with E-state index < -0.39 is 10.1 Å². The van der Waals surface area contributed by atoms with Crippen molar-refractivity contribution >= 4 is 50.7 Å². The van der Waals surface area contributed by atoms with E-state index in [9.17, 15) is 8.42 Å². The number of H-pyrrole nitrogens is 1. The number of rotatable bonds is 1. The summed E-state index contributed by atoms with van der Waals surface area (Å²) in [6, 6.07) is 4.37. The minimum atomic E-state index is -4.22. The third-order valence-corrected chi connectivity index (χ3v) is 2.48. The maximum atomic E-state index is 10.8. The van der Waals surface area contributed by atoms with Gasteiger partial charge in [0.1, 0.15) is 10.4 Å². The Morgan fingerprint density at radius 1 is 1.36 bits per heavy atom. The van der Waals surface area contributed by atoms with Gasteiger partial charge in [-0.05, 0) is 12.1 Å². The zero-order valence-corrected chi connectivity index (χ0v) is 7.11. The number of nitrogens with one attached hydrogen (secondary N) is 1. The van der Waals surface area contributed by atoms with Crippen molar-refractivity contribution in [3.05, 3.63) is 18.2 Å². The second-order valence-corrected chi connectivity index (χ2v) is 3.83. The van der Waals surface area contributed by atoms with Crippen LogP contribution in [0, 0.1) is 0 Å². The standard InChI is InChI=1S/C6H5N3O3S.Na.H/c10-13(11,12)5-3-1-2-4-6(5)8-9-7-4;;/h1-3H,(H,7,8,9)(H,10,11,12);;. The maximum absolute atomic E-state index is 10.8. The van der Waals surface area contributed by atoms with E-state index in [1.54, 1.807) is 6.07 Å². The van der Waals surface area contributed by atoms with Crippen molar-refractivity contribution in [2.24, 2.45) is 0 Å². The first-order valence-corrected chi connectivity index (χ1v) is 4.80. The third kappa shape index (κ3) is 1.96. The van der Waals surface area contributed by atoms with Crippen LogP contribution in [-0.2, 0) is 10.1 Å². The van der Waals surface area contributed by atoms with Crippen LogP contribution in [0.25, 0.3) is 11.0 Å². The van der Waals surface area contributed by atoms with Gasteiger partial charge in [0.05, 0.1) is 5.52 Å². The summed E-state index contributed by atoms with van der Waals surface area (Å²) >= 11 is 0. The third-order valence-electron chi connectivity index (χ3n) is 1.60. The molecule has 1 heterocycles. The molecule has 0 bridgehead atoms. The molecule has 6 nitrogen and oxygen atoms in total. The first kappa shape index (κ1) is 11.6. The van der Waals surface area contributed by atoms with E-state index in [-0.39, 0.29) is 40.0 Å². The number of fused-ring (bicyclic) bond motifs is 1. The molecule has 0 amide bonds. The molecule has 0 aliphatic carbocycles. The Labute approximate surface area is 102 Å². The summed E-state index contributed by atoms with van der Waals surface area (Å²) in [5, 5.41) is 9.46. The van der Waals surface area contributed by atoms with Gasteiger partial charge in [0.25, 0.3) is 10.1 Å². The van der Waals surface area contributed by atoms with Gasteiger partial charge in [-0.25, -0.2) is 0 Å². The normalized spacial score (nSPS) is 11.2. The second kappa shape index (κ2) is 3.95. The molecule has 0 spiro atoms. The van der Waals surface area contributed by atoms with Gasteiger partial charge in [0.2, 0.25) is 0 Å². The summed E-state index contributed by atoms with van der Waals surface area (Å²) in [5.41, 5.74) is 0.611. The molecule has 70 valence electrons. The Hall–Kier alpha value is -0.470. The van der Waals surface area contributed by atoms with E-state index >= 15 is 0 Å². The fraction of sp³-hybridized carbons (Fsp3) is 0. The fourth-order valence-electron chi connectivity index (χ4n) is 1.05. The van der Waals surface area contributed by atoms with Crippen LogP contribution >= 0.6 is 0 Å². The Balaban J connectivity index is 0.000000980. The quantitative estimate of drug-likeness (QED) is 0.504. The molecule has 1 aromatic heterocycles. The summed E-state index contributed by atoms with van der Waals surface area (Å²) in [6.07, 6.45) is 0. The van der Waals surface area contributed by atoms with Gasteiger partial charge in [-0.15, -0.1) is 5.10 Å². The van der Waals surface area contributed by atoms with E-state index in [0.717, 1.165) is 0 Å². The minimum absolute atomic E-state index is 0. The number of hydrogen-bond acceptors (Lipinski definition) is 4. The fourth-order valence-corrected chi connectivity index (χ4v) is 1.70. The summed E-state index contributed by atoms with van der Waals surface area (Å²) in [6.45, 7) is 0. The van der Waals surface area contributed by atoms with E-state index in [1.165, 1.54) is 12.1 Å². The molecule has 2 rings (SSSR count). The predicted octanol–water partition coefficient (Wildman–Crippen LogP) is -0.444. The SMILES string of the molecule is O=S(=O)(O)c1cccc2[nH]nnc12.[NaH]. The molecule has 0 saturated carbocycles. The van der Waals surface area contributed by atoms with Crippen molar-refractivity contribution in [3.8, 4) is 0 Å². The Morgan fingerprint density at radius 3 is 2.71 bits per heavy atom. The van der Waals surface area contributed by atoms with Gasteiger partial charge in [-0.3, -0.25) is 9.65 Å². The molecule has 8 heteroatoms. The van der Waals surface area contributed by atoms with Crippen LogP contribution in [0.2, 0.25) is 0 Å². The molecule has 2 N–H and O–H groups in total. The van der Waals surface area contributed by atoms with Gasteiger partial charge in [-0.1, -0.05) is 11.3 Å². The molecule has 0 radical (unpaired) electrons.